The standard InChI is InChI=1S/C21H27N3O5/c1-20(2,3)14-21(4,5)15-8-9-18(17(11-15)24(26)27)29-13-19(25)23-22-12-16-7-6-10-28-16/h6-12H,13-14H2,1-5H3,(H,23,25)/b22-12-. The summed E-state index contributed by atoms with van der Waals surface area (Å²) in [6, 6.07) is 8.24. The number of nitrogens with one attached hydrogen (secondary N) is 1. The molecule has 0 bridgehead atoms. The van der Waals surface area contributed by atoms with Crippen LogP contribution in [0.2, 0.25) is 0 Å². The highest BCUT2D eigenvalue weighted by Crippen LogP contribution is 2.39. The number of carbonyl (C=O) groups is 1. The highest BCUT2D eigenvalue weighted by Gasteiger charge is 2.29. The Balaban J connectivity index is 2.06. The molecule has 0 saturated carbocycles. The Kier molecular flexibility index (Phi) is 6.79. The van der Waals surface area contributed by atoms with Gasteiger partial charge in [-0.05, 0) is 41.0 Å². The van der Waals surface area contributed by atoms with Crippen molar-refractivity contribution < 1.29 is 18.9 Å². The van der Waals surface area contributed by atoms with Gasteiger partial charge in [0.05, 0.1) is 17.4 Å². The minimum atomic E-state index is -0.542. The summed E-state index contributed by atoms with van der Waals surface area (Å²) >= 11 is 0. The van der Waals surface area contributed by atoms with E-state index in [1.807, 2.05) is 0 Å². The van der Waals surface area contributed by atoms with Gasteiger partial charge < -0.3 is 9.15 Å². The molecule has 0 unspecified atom stereocenters. The van der Waals surface area contributed by atoms with Crippen LogP contribution in [0.25, 0.3) is 0 Å². The number of hydrazone groups is 1. The van der Waals surface area contributed by atoms with E-state index < -0.39 is 17.4 Å². The zero-order valence-electron chi connectivity index (χ0n) is 17.4. The van der Waals surface area contributed by atoms with E-state index in [-0.39, 0.29) is 22.3 Å². The molecule has 8 heteroatoms. The van der Waals surface area contributed by atoms with Crippen LogP contribution in [0.15, 0.2) is 46.1 Å². The third-order valence-corrected chi connectivity index (χ3v) is 4.19. The number of hydrogen-bond acceptors (Lipinski definition) is 6. The first-order chi connectivity index (χ1) is 13.5. The molecule has 1 amide bonds. The van der Waals surface area contributed by atoms with Crippen LogP contribution in [0.4, 0.5) is 5.69 Å². The van der Waals surface area contributed by atoms with Crippen molar-refractivity contribution in [3.8, 4) is 5.75 Å². The molecule has 0 aliphatic rings. The van der Waals surface area contributed by atoms with E-state index in [4.69, 9.17) is 9.15 Å². The molecule has 0 aliphatic heterocycles. The van der Waals surface area contributed by atoms with Crippen LogP contribution in [0.1, 0.15) is 52.4 Å². The SMILES string of the molecule is CC(C)(C)CC(C)(C)c1ccc(OCC(=O)N/N=C\c2ccco2)c([N+](=O)[O-])c1. The largest absolute Gasteiger partial charge is 0.477 e. The van der Waals surface area contributed by atoms with Crippen molar-refractivity contribution in [2.75, 3.05) is 6.61 Å². The molecular formula is C21H27N3O5. The molecule has 0 fully saturated rings. The van der Waals surface area contributed by atoms with E-state index in [9.17, 15) is 14.9 Å². The summed E-state index contributed by atoms with van der Waals surface area (Å²) in [4.78, 5) is 22.9. The topological polar surface area (TPSA) is 107 Å². The lowest BCUT2D eigenvalue weighted by atomic mass is 9.72. The predicted molar refractivity (Wildman–Crippen MR) is 110 cm³/mol. The second kappa shape index (κ2) is 8.89. The molecule has 0 spiro atoms. The van der Waals surface area contributed by atoms with Crippen LogP contribution >= 0.6 is 0 Å². The lowest BCUT2D eigenvalue weighted by Gasteiger charge is -2.33. The summed E-state index contributed by atoms with van der Waals surface area (Å²) in [5.74, 6) is -0.0231. The average molecular weight is 401 g/mol. The zero-order valence-corrected chi connectivity index (χ0v) is 17.4. The van der Waals surface area contributed by atoms with Gasteiger partial charge in [-0.2, -0.15) is 5.10 Å². The average Bonchev–Trinajstić information content (AvgIpc) is 3.11. The number of nitro benzene ring substituents is 1. The molecule has 1 N–H and O–H groups in total. The van der Waals surface area contributed by atoms with Crippen molar-refractivity contribution in [3.63, 3.8) is 0 Å². The molecule has 1 aromatic heterocycles. The molecule has 0 saturated heterocycles. The Morgan fingerprint density at radius 1 is 1.28 bits per heavy atom. The maximum atomic E-state index is 11.9. The number of rotatable bonds is 8. The van der Waals surface area contributed by atoms with Gasteiger partial charge in [0.2, 0.25) is 0 Å². The molecule has 1 heterocycles. The predicted octanol–water partition coefficient (Wildman–Crippen LogP) is 4.43. The monoisotopic (exact) mass is 401 g/mol. The van der Waals surface area contributed by atoms with Crippen molar-refractivity contribution in [2.45, 2.75) is 46.5 Å². The summed E-state index contributed by atoms with van der Waals surface area (Å²) in [5, 5.41) is 15.3. The lowest BCUT2D eigenvalue weighted by molar-refractivity contribution is -0.385. The number of hydrogen-bond donors (Lipinski definition) is 1. The molecular weight excluding hydrogens is 374 g/mol. The summed E-state index contributed by atoms with van der Waals surface area (Å²) < 4.78 is 10.4. The van der Waals surface area contributed by atoms with Crippen LogP contribution in [0.3, 0.4) is 0 Å². The lowest BCUT2D eigenvalue weighted by Crippen LogP contribution is -2.26. The van der Waals surface area contributed by atoms with Crippen molar-refractivity contribution in [1.82, 2.24) is 5.43 Å². The fourth-order valence-corrected chi connectivity index (χ4v) is 3.34. The van der Waals surface area contributed by atoms with Crippen molar-refractivity contribution >= 4 is 17.8 Å². The summed E-state index contributed by atoms with van der Waals surface area (Å²) in [6.07, 6.45) is 3.68. The zero-order chi connectivity index (χ0) is 21.7. The quantitative estimate of drug-likeness (QED) is 0.400. The first-order valence-corrected chi connectivity index (χ1v) is 9.25. The number of nitrogens with zero attached hydrogens (tertiary/aromatic N) is 2. The van der Waals surface area contributed by atoms with Crippen molar-refractivity contribution in [1.29, 1.82) is 0 Å². The third-order valence-electron chi connectivity index (χ3n) is 4.19. The van der Waals surface area contributed by atoms with Crippen molar-refractivity contribution in [3.05, 3.63) is 58.0 Å². The Hall–Kier alpha value is -3.16. The van der Waals surface area contributed by atoms with E-state index in [0.717, 1.165) is 12.0 Å². The van der Waals surface area contributed by atoms with Crippen LogP contribution in [-0.4, -0.2) is 23.7 Å². The van der Waals surface area contributed by atoms with Gasteiger partial charge >= 0.3 is 5.69 Å². The Bertz CT molecular complexity index is 880. The van der Waals surface area contributed by atoms with Crippen LogP contribution in [0.5, 0.6) is 5.75 Å². The van der Waals surface area contributed by atoms with Gasteiger partial charge in [0.1, 0.15) is 5.76 Å². The molecule has 0 radical (unpaired) electrons. The van der Waals surface area contributed by atoms with Gasteiger partial charge in [0, 0.05) is 6.07 Å². The maximum Gasteiger partial charge on any atom is 0.311 e. The summed E-state index contributed by atoms with van der Waals surface area (Å²) in [6.45, 7) is 10.1. The van der Waals surface area contributed by atoms with E-state index in [2.05, 4.69) is 45.1 Å². The van der Waals surface area contributed by atoms with Crippen molar-refractivity contribution in [2.24, 2.45) is 10.5 Å². The molecule has 2 rings (SSSR count). The molecule has 8 nitrogen and oxygen atoms in total. The van der Waals surface area contributed by atoms with Gasteiger partial charge in [-0.15, -0.1) is 0 Å². The van der Waals surface area contributed by atoms with Gasteiger partial charge in [0.25, 0.3) is 5.91 Å². The Labute approximate surface area is 170 Å². The summed E-state index contributed by atoms with van der Waals surface area (Å²) in [7, 11) is 0. The number of benzene rings is 1. The first-order valence-electron chi connectivity index (χ1n) is 9.25. The number of nitro groups is 1. The van der Waals surface area contributed by atoms with E-state index in [0.29, 0.717) is 5.76 Å². The second-order valence-electron chi connectivity index (χ2n) is 8.66. The number of ether oxygens (including phenoxy) is 1. The van der Waals surface area contributed by atoms with Gasteiger partial charge in [0.15, 0.2) is 12.4 Å². The van der Waals surface area contributed by atoms with E-state index >= 15 is 0 Å². The molecule has 2 aromatic rings. The fraction of sp³-hybridized carbons (Fsp3) is 0.429. The normalized spacial score (nSPS) is 12.2. The fourth-order valence-electron chi connectivity index (χ4n) is 3.34. The van der Waals surface area contributed by atoms with Crippen LogP contribution in [-0.2, 0) is 10.2 Å². The minimum Gasteiger partial charge on any atom is -0.477 e. The maximum absolute atomic E-state index is 11.9. The van der Waals surface area contributed by atoms with Gasteiger partial charge in [-0.1, -0.05) is 40.7 Å². The van der Waals surface area contributed by atoms with Gasteiger partial charge in [-0.3, -0.25) is 14.9 Å². The molecule has 0 atom stereocenters. The Morgan fingerprint density at radius 3 is 2.59 bits per heavy atom. The molecule has 29 heavy (non-hydrogen) atoms. The number of carbonyl (C=O) groups excluding carboxylic acids is 1. The third kappa shape index (κ3) is 6.74. The summed E-state index contributed by atoms with van der Waals surface area (Å²) in [5.41, 5.74) is 2.77. The van der Waals surface area contributed by atoms with E-state index in [1.165, 1.54) is 24.6 Å². The highest BCUT2D eigenvalue weighted by molar-refractivity contribution is 5.81. The van der Waals surface area contributed by atoms with Crippen LogP contribution in [0, 0.1) is 15.5 Å². The minimum absolute atomic E-state index is 0.0375. The molecule has 0 aliphatic carbocycles. The number of amides is 1. The highest BCUT2D eigenvalue weighted by atomic mass is 16.6. The Morgan fingerprint density at radius 2 is 2.00 bits per heavy atom. The number of furan rings is 1. The first kappa shape index (κ1) is 22.1. The van der Waals surface area contributed by atoms with Crippen LogP contribution < -0.4 is 10.2 Å². The van der Waals surface area contributed by atoms with E-state index in [1.54, 1.807) is 18.2 Å². The molecule has 156 valence electrons. The smallest absolute Gasteiger partial charge is 0.311 e. The molecule has 1 aromatic carbocycles. The second-order valence-corrected chi connectivity index (χ2v) is 8.66. The van der Waals surface area contributed by atoms with Gasteiger partial charge in [-0.25, -0.2) is 5.43 Å².